The number of tetrazole rings is 1. The minimum absolute atomic E-state index is 0.602. The molecule has 0 aliphatic heterocycles. The Hall–Kier alpha value is -2.97. The molecule has 0 spiro atoms. The molecule has 6 nitrogen and oxygen atoms in total. The van der Waals surface area contributed by atoms with Crippen LogP contribution in [-0.4, -0.2) is 35.9 Å². The van der Waals surface area contributed by atoms with E-state index in [2.05, 4.69) is 73.2 Å². The molecule has 0 saturated carbocycles. The van der Waals surface area contributed by atoms with Crippen molar-refractivity contribution in [3.05, 3.63) is 64.9 Å². The van der Waals surface area contributed by atoms with Gasteiger partial charge in [-0.15, -0.1) is 21.5 Å². The van der Waals surface area contributed by atoms with Gasteiger partial charge in [0.05, 0.1) is 12.1 Å². The second-order valence-electron chi connectivity index (χ2n) is 6.95. The van der Waals surface area contributed by atoms with Crippen LogP contribution >= 0.6 is 23.1 Å². The maximum Gasteiger partial charge on any atom is 0.205 e. The Kier molecular flexibility index (Phi) is 5.33. The molecule has 0 aliphatic rings. The number of thioether (sulfide) groups is 1. The van der Waals surface area contributed by atoms with Crippen molar-refractivity contribution in [2.75, 3.05) is 5.75 Å². The van der Waals surface area contributed by atoms with Crippen molar-refractivity contribution >= 4 is 34.1 Å². The van der Waals surface area contributed by atoms with E-state index >= 15 is 0 Å². The lowest BCUT2D eigenvalue weighted by Gasteiger charge is -2.10. The highest BCUT2D eigenvalue weighted by Crippen LogP contribution is 2.31. The Balaban J connectivity index is 1.45. The summed E-state index contributed by atoms with van der Waals surface area (Å²) in [7, 11) is 0. The Morgan fingerprint density at radius 3 is 2.63 bits per heavy atom. The molecular weight excluding hydrogens is 412 g/mol. The van der Waals surface area contributed by atoms with Crippen LogP contribution < -0.4 is 0 Å². The molecule has 3 heterocycles. The van der Waals surface area contributed by atoms with Crippen LogP contribution in [0.1, 0.15) is 18.9 Å². The summed E-state index contributed by atoms with van der Waals surface area (Å²) in [5, 5.41) is 19.9. The normalized spacial score (nSPS) is 11.4. The fourth-order valence-electron chi connectivity index (χ4n) is 3.47. The van der Waals surface area contributed by atoms with Crippen molar-refractivity contribution in [1.82, 2.24) is 30.2 Å². The number of fused-ring (bicyclic) bond motifs is 1. The van der Waals surface area contributed by atoms with Gasteiger partial charge in [-0.1, -0.05) is 67.2 Å². The molecule has 0 amide bonds. The second-order valence-corrected chi connectivity index (χ2v) is 8.75. The highest BCUT2D eigenvalue weighted by Gasteiger charge is 2.13. The molecule has 150 valence electrons. The van der Waals surface area contributed by atoms with Crippen molar-refractivity contribution in [3.8, 4) is 22.5 Å². The van der Waals surface area contributed by atoms with E-state index in [1.807, 2.05) is 30.0 Å². The first-order valence-electron chi connectivity index (χ1n) is 9.81. The molecular formula is C22H20N6S2. The molecule has 0 unspecified atom stereocenters. The number of aromatic nitrogens is 6. The molecule has 0 atom stereocenters. The quantitative estimate of drug-likeness (QED) is 0.344. The molecule has 5 rings (SSSR count). The Morgan fingerprint density at radius 2 is 1.87 bits per heavy atom. The van der Waals surface area contributed by atoms with Crippen LogP contribution in [0.15, 0.2) is 64.4 Å². The average molecular weight is 433 g/mol. The maximum absolute atomic E-state index is 4.83. The summed E-state index contributed by atoms with van der Waals surface area (Å²) in [6.45, 7) is 3.01. The van der Waals surface area contributed by atoms with Crippen molar-refractivity contribution in [2.24, 2.45) is 0 Å². The van der Waals surface area contributed by atoms with Gasteiger partial charge in [0.1, 0.15) is 5.52 Å². The molecule has 0 fully saturated rings. The van der Waals surface area contributed by atoms with Gasteiger partial charge in [0.2, 0.25) is 5.82 Å². The number of hydrogen-bond acceptors (Lipinski definition) is 6. The van der Waals surface area contributed by atoms with Crippen LogP contribution in [0.3, 0.4) is 0 Å². The third-order valence-corrected chi connectivity index (χ3v) is 6.81. The van der Waals surface area contributed by atoms with Gasteiger partial charge in [-0.3, -0.25) is 0 Å². The average Bonchev–Trinajstić information content (AvgIpc) is 3.52. The summed E-state index contributed by atoms with van der Waals surface area (Å²) in [6.07, 6.45) is 1.14. The molecule has 0 radical (unpaired) electrons. The minimum Gasteiger partial charge on any atom is -0.314 e. The summed E-state index contributed by atoms with van der Waals surface area (Å²) >= 11 is 3.54. The number of nitrogens with one attached hydrogen (secondary N) is 1. The van der Waals surface area contributed by atoms with Gasteiger partial charge >= 0.3 is 0 Å². The first-order valence-corrected chi connectivity index (χ1v) is 11.7. The van der Waals surface area contributed by atoms with E-state index in [1.54, 1.807) is 11.3 Å². The van der Waals surface area contributed by atoms with Gasteiger partial charge in [0.25, 0.3) is 0 Å². The van der Waals surface area contributed by atoms with Crippen molar-refractivity contribution < 1.29 is 0 Å². The zero-order valence-electron chi connectivity index (χ0n) is 16.4. The van der Waals surface area contributed by atoms with E-state index in [0.29, 0.717) is 5.82 Å². The summed E-state index contributed by atoms with van der Waals surface area (Å²) in [5.74, 6) is 1.68. The summed E-state index contributed by atoms with van der Waals surface area (Å²) in [5.41, 5.74) is 6.74. The largest absolute Gasteiger partial charge is 0.314 e. The minimum atomic E-state index is 0.602. The van der Waals surface area contributed by atoms with Crippen molar-refractivity contribution in [3.63, 3.8) is 0 Å². The molecule has 5 aromatic rings. The molecule has 1 N–H and O–H groups in total. The Bertz CT molecular complexity index is 1250. The molecule has 0 bridgehead atoms. The summed E-state index contributed by atoms with van der Waals surface area (Å²) < 4.78 is 2.33. The first-order chi connectivity index (χ1) is 14.8. The lowest BCUT2D eigenvalue weighted by atomic mass is 9.98. The molecule has 30 heavy (non-hydrogen) atoms. The van der Waals surface area contributed by atoms with E-state index in [9.17, 15) is 0 Å². The van der Waals surface area contributed by atoms with Gasteiger partial charge in [0.15, 0.2) is 5.16 Å². The lowest BCUT2D eigenvalue weighted by Crippen LogP contribution is -2.01. The van der Waals surface area contributed by atoms with Crippen molar-refractivity contribution in [1.29, 1.82) is 0 Å². The van der Waals surface area contributed by atoms with Gasteiger partial charge in [-0.05, 0) is 28.3 Å². The molecule has 2 aromatic carbocycles. The lowest BCUT2D eigenvalue weighted by molar-refractivity contribution is 0.731. The van der Waals surface area contributed by atoms with Gasteiger partial charge in [0, 0.05) is 22.1 Å². The fraction of sp³-hybridized carbons (Fsp3) is 0.182. The van der Waals surface area contributed by atoms with E-state index < -0.39 is 0 Å². The number of nitrogens with zero attached hydrogens (tertiary/aromatic N) is 5. The van der Waals surface area contributed by atoms with Crippen LogP contribution in [0.5, 0.6) is 0 Å². The molecule has 8 heteroatoms. The number of hydrogen-bond donors (Lipinski definition) is 1. The van der Waals surface area contributed by atoms with E-state index in [-0.39, 0.29) is 0 Å². The Morgan fingerprint density at radius 1 is 1.03 bits per heavy atom. The second kappa shape index (κ2) is 8.41. The zero-order valence-corrected chi connectivity index (χ0v) is 18.1. The van der Waals surface area contributed by atoms with Crippen LogP contribution in [0.25, 0.3) is 33.5 Å². The third-order valence-electron chi connectivity index (χ3n) is 4.91. The Labute approximate surface area is 182 Å². The number of thiophene rings is 1. The maximum atomic E-state index is 4.83. The van der Waals surface area contributed by atoms with Crippen LogP contribution in [0.2, 0.25) is 0 Å². The number of aromatic amines is 1. The van der Waals surface area contributed by atoms with Crippen LogP contribution in [0, 0.1) is 0 Å². The smallest absolute Gasteiger partial charge is 0.205 e. The van der Waals surface area contributed by atoms with Crippen molar-refractivity contribution in [2.45, 2.75) is 25.0 Å². The zero-order chi connectivity index (χ0) is 20.3. The van der Waals surface area contributed by atoms with E-state index in [4.69, 9.17) is 4.98 Å². The highest BCUT2D eigenvalue weighted by molar-refractivity contribution is 7.99. The summed E-state index contributed by atoms with van der Waals surface area (Å²) in [4.78, 5) is 4.83. The third kappa shape index (κ3) is 3.64. The monoisotopic (exact) mass is 432 g/mol. The van der Waals surface area contributed by atoms with Gasteiger partial charge in [-0.25, -0.2) is 4.98 Å². The SMILES string of the molecule is CCCSc1nc2cscc2n1Cc1ccc(-c2ccccc2-c2nn[nH]n2)cc1. The topological polar surface area (TPSA) is 72.3 Å². The number of benzene rings is 2. The predicted octanol–water partition coefficient (Wildman–Crippen LogP) is 5.50. The van der Waals surface area contributed by atoms with Gasteiger partial charge < -0.3 is 4.57 Å². The highest BCUT2D eigenvalue weighted by atomic mass is 32.2. The van der Waals surface area contributed by atoms with E-state index in [0.717, 1.165) is 46.1 Å². The molecule has 0 saturated heterocycles. The molecule has 0 aliphatic carbocycles. The number of H-pyrrole nitrogens is 1. The first kappa shape index (κ1) is 19.0. The van der Waals surface area contributed by atoms with E-state index in [1.165, 1.54) is 11.1 Å². The number of rotatable bonds is 7. The predicted molar refractivity (Wildman–Crippen MR) is 123 cm³/mol. The van der Waals surface area contributed by atoms with Crippen LogP contribution in [-0.2, 0) is 6.54 Å². The summed E-state index contributed by atoms with van der Waals surface area (Å²) in [6, 6.07) is 16.8. The standard InChI is InChI=1S/C22H20N6S2/c1-2-11-30-22-23-19-13-29-14-20(19)28(22)12-15-7-9-16(10-8-15)17-5-3-4-6-18(17)21-24-26-27-25-21/h3-10,13-14H,2,11-12H2,1H3,(H,24,25,26,27). The fourth-order valence-corrected chi connectivity index (χ4v) is 5.09. The molecule has 3 aromatic heterocycles. The number of imidazole rings is 1. The van der Waals surface area contributed by atoms with Crippen LogP contribution in [0.4, 0.5) is 0 Å². The van der Waals surface area contributed by atoms with Gasteiger partial charge in [-0.2, -0.15) is 5.21 Å².